The molecular formula is C18H18FN5O2. The summed E-state index contributed by atoms with van der Waals surface area (Å²) in [6, 6.07) is 11.6. The lowest BCUT2D eigenvalue weighted by Gasteiger charge is -2.24. The first-order chi connectivity index (χ1) is 12.6. The number of benzene rings is 2. The molecule has 0 aliphatic carbocycles. The van der Waals surface area contributed by atoms with E-state index in [1.54, 1.807) is 18.0 Å². The number of nitrogens with zero attached hydrogens (tertiary/aromatic N) is 3. The van der Waals surface area contributed by atoms with Crippen LogP contribution in [-0.2, 0) is 11.3 Å². The van der Waals surface area contributed by atoms with Crippen molar-refractivity contribution in [3.05, 3.63) is 59.4 Å². The van der Waals surface area contributed by atoms with Gasteiger partial charge >= 0.3 is 0 Å². The van der Waals surface area contributed by atoms with E-state index in [4.69, 9.17) is 4.63 Å². The molecule has 2 unspecified atom stereocenters. The predicted molar refractivity (Wildman–Crippen MR) is 92.0 cm³/mol. The lowest BCUT2D eigenvalue weighted by Crippen LogP contribution is -2.36. The Kier molecular flexibility index (Phi) is 4.36. The maximum Gasteiger partial charge on any atom is 0.229 e. The Balaban J connectivity index is 1.50. The van der Waals surface area contributed by atoms with Gasteiger partial charge in [0.25, 0.3) is 0 Å². The van der Waals surface area contributed by atoms with Gasteiger partial charge in [0.1, 0.15) is 16.9 Å². The van der Waals surface area contributed by atoms with Gasteiger partial charge in [-0.3, -0.25) is 10.2 Å². The fourth-order valence-corrected chi connectivity index (χ4v) is 3.30. The zero-order chi connectivity index (χ0) is 18.1. The number of fused-ring (bicyclic) bond motifs is 1. The van der Waals surface area contributed by atoms with Gasteiger partial charge in [-0.1, -0.05) is 18.2 Å². The Morgan fingerprint density at radius 3 is 2.96 bits per heavy atom. The number of nitrogens with one attached hydrogen (secondary N) is 2. The molecule has 3 aromatic rings. The molecule has 2 atom stereocenters. The zero-order valence-corrected chi connectivity index (χ0v) is 14.1. The number of rotatable bonds is 4. The number of carbonyl (C=O) groups excluding carboxylic acids is 1. The van der Waals surface area contributed by atoms with Crippen molar-refractivity contribution in [2.75, 3.05) is 13.6 Å². The van der Waals surface area contributed by atoms with Gasteiger partial charge in [0.15, 0.2) is 0 Å². The molecule has 2 heterocycles. The molecule has 134 valence electrons. The second kappa shape index (κ2) is 6.81. The number of hydrogen-bond acceptors (Lipinski definition) is 6. The van der Waals surface area contributed by atoms with Crippen LogP contribution in [0.5, 0.6) is 0 Å². The molecule has 1 saturated heterocycles. The van der Waals surface area contributed by atoms with E-state index < -0.39 is 0 Å². The standard InChI is InChI=1S/C18H18FN5O2/c1-24(10-11-5-6-15-16(7-11)23-26-22-15)18(25)14-9-20-21-17(14)12-3-2-4-13(19)8-12/h2-8,14,17,20-21H,9-10H2,1H3. The number of carbonyl (C=O) groups is 1. The van der Waals surface area contributed by atoms with Crippen LogP contribution < -0.4 is 10.9 Å². The Morgan fingerprint density at radius 2 is 2.12 bits per heavy atom. The molecule has 4 rings (SSSR count). The Bertz CT molecular complexity index is 944. The molecule has 1 aliphatic heterocycles. The fourth-order valence-electron chi connectivity index (χ4n) is 3.30. The molecule has 0 bridgehead atoms. The highest BCUT2D eigenvalue weighted by Gasteiger charge is 2.35. The van der Waals surface area contributed by atoms with Gasteiger partial charge in [0.05, 0.1) is 12.0 Å². The molecule has 1 amide bonds. The van der Waals surface area contributed by atoms with Crippen molar-refractivity contribution < 1.29 is 13.8 Å². The molecule has 7 nitrogen and oxygen atoms in total. The molecular weight excluding hydrogens is 337 g/mol. The van der Waals surface area contributed by atoms with Crippen molar-refractivity contribution >= 4 is 16.9 Å². The first-order valence-corrected chi connectivity index (χ1v) is 8.32. The highest BCUT2D eigenvalue weighted by Crippen LogP contribution is 2.27. The lowest BCUT2D eigenvalue weighted by molar-refractivity contribution is -0.134. The maximum atomic E-state index is 13.5. The van der Waals surface area contributed by atoms with Crippen LogP contribution in [0.1, 0.15) is 17.2 Å². The number of aromatic nitrogens is 2. The quantitative estimate of drug-likeness (QED) is 0.742. The van der Waals surface area contributed by atoms with Gasteiger partial charge in [0.2, 0.25) is 5.91 Å². The van der Waals surface area contributed by atoms with Crippen molar-refractivity contribution in [2.45, 2.75) is 12.6 Å². The molecule has 2 aromatic carbocycles. The van der Waals surface area contributed by atoms with Crippen LogP contribution in [-0.4, -0.2) is 34.7 Å². The van der Waals surface area contributed by atoms with E-state index in [0.717, 1.165) is 11.1 Å². The predicted octanol–water partition coefficient (Wildman–Crippen LogP) is 1.79. The van der Waals surface area contributed by atoms with Gasteiger partial charge in [-0.05, 0) is 45.7 Å². The van der Waals surface area contributed by atoms with E-state index in [2.05, 4.69) is 21.2 Å². The molecule has 1 aliphatic rings. The smallest absolute Gasteiger partial charge is 0.229 e. The summed E-state index contributed by atoms with van der Waals surface area (Å²) in [5, 5.41) is 7.60. The summed E-state index contributed by atoms with van der Waals surface area (Å²) in [4.78, 5) is 14.6. The Hall–Kier alpha value is -2.84. The van der Waals surface area contributed by atoms with E-state index in [0.29, 0.717) is 24.1 Å². The second-order valence-electron chi connectivity index (χ2n) is 6.45. The molecule has 8 heteroatoms. The normalized spacial score (nSPS) is 19.8. The topological polar surface area (TPSA) is 83.3 Å². The zero-order valence-electron chi connectivity index (χ0n) is 14.1. The van der Waals surface area contributed by atoms with Gasteiger partial charge in [-0.15, -0.1) is 0 Å². The molecule has 0 saturated carbocycles. The van der Waals surface area contributed by atoms with E-state index in [1.165, 1.54) is 12.1 Å². The summed E-state index contributed by atoms with van der Waals surface area (Å²) in [5.41, 5.74) is 9.10. The van der Waals surface area contributed by atoms with Gasteiger partial charge < -0.3 is 4.90 Å². The minimum absolute atomic E-state index is 0.0184. The monoisotopic (exact) mass is 355 g/mol. The number of amides is 1. The largest absolute Gasteiger partial charge is 0.341 e. The summed E-state index contributed by atoms with van der Waals surface area (Å²) < 4.78 is 18.2. The molecule has 26 heavy (non-hydrogen) atoms. The van der Waals surface area contributed by atoms with Gasteiger partial charge in [0, 0.05) is 20.1 Å². The molecule has 1 aromatic heterocycles. The highest BCUT2D eigenvalue weighted by atomic mass is 19.1. The van der Waals surface area contributed by atoms with Crippen molar-refractivity contribution in [2.24, 2.45) is 5.92 Å². The van der Waals surface area contributed by atoms with E-state index in [9.17, 15) is 9.18 Å². The van der Waals surface area contributed by atoms with Gasteiger partial charge in [-0.2, -0.15) is 0 Å². The molecule has 2 N–H and O–H groups in total. The summed E-state index contributed by atoms with van der Waals surface area (Å²) in [6.45, 7) is 0.921. The van der Waals surface area contributed by atoms with Crippen molar-refractivity contribution in [1.82, 2.24) is 26.1 Å². The second-order valence-corrected chi connectivity index (χ2v) is 6.45. The summed E-state index contributed by atoms with van der Waals surface area (Å²) in [6.07, 6.45) is 0. The van der Waals surface area contributed by atoms with Crippen molar-refractivity contribution in [3.63, 3.8) is 0 Å². The maximum absolute atomic E-state index is 13.5. The van der Waals surface area contributed by atoms with Gasteiger partial charge in [-0.25, -0.2) is 14.4 Å². The summed E-state index contributed by atoms with van der Waals surface area (Å²) in [7, 11) is 1.76. The molecule has 0 radical (unpaired) electrons. The minimum Gasteiger partial charge on any atom is -0.341 e. The van der Waals surface area contributed by atoms with Crippen LogP contribution >= 0.6 is 0 Å². The van der Waals surface area contributed by atoms with Crippen molar-refractivity contribution in [3.8, 4) is 0 Å². The van der Waals surface area contributed by atoms with Crippen LogP contribution in [0, 0.1) is 11.7 Å². The number of hydrazine groups is 1. The Labute approximate surface area is 149 Å². The average molecular weight is 355 g/mol. The van der Waals surface area contributed by atoms with Crippen LogP contribution in [0.2, 0.25) is 0 Å². The first-order valence-electron chi connectivity index (χ1n) is 8.32. The summed E-state index contributed by atoms with van der Waals surface area (Å²) >= 11 is 0. The Morgan fingerprint density at radius 1 is 1.27 bits per heavy atom. The highest BCUT2D eigenvalue weighted by molar-refractivity contribution is 5.80. The van der Waals surface area contributed by atoms with Crippen LogP contribution in [0.15, 0.2) is 47.1 Å². The minimum atomic E-state index is -0.320. The number of hydrogen-bond donors (Lipinski definition) is 2. The van der Waals surface area contributed by atoms with E-state index in [-0.39, 0.29) is 23.7 Å². The van der Waals surface area contributed by atoms with E-state index >= 15 is 0 Å². The third-order valence-electron chi connectivity index (χ3n) is 4.62. The third-order valence-corrected chi connectivity index (χ3v) is 4.62. The lowest BCUT2D eigenvalue weighted by atomic mass is 9.93. The van der Waals surface area contributed by atoms with Crippen LogP contribution in [0.3, 0.4) is 0 Å². The number of halogens is 1. The molecule has 0 spiro atoms. The summed E-state index contributed by atoms with van der Waals surface area (Å²) in [5.74, 6) is -0.653. The third kappa shape index (κ3) is 3.16. The van der Waals surface area contributed by atoms with E-state index in [1.807, 2.05) is 24.3 Å². The van der Waals surface area contributed by atoms with Crippen LogP contribution in [0.4, 0.5) is 4.39 Å². The van der Waals surface area contributed by atoms with Crippen LogP contribution in [0.25, 0.3) is 11.0 Å². The average Bonchev–Trinajstić information content (AvgIpc) is 3.30. The first kappa shape index (κ1) is 16.6. The molecule has 1 fully saturated rings. The fraction of sp³-hybridized carbons (Fsp3) is 0.278. The SMILES string of the molecule is CN(Cc1ccc2nonc2c1)C(=O)C1CNNC1c1cccc(F)c1. The van der Waals surface area contributed by atoms with Crippen molar-refractivity contribution in [1.29, 1.82) is 0 Å².